The Kier molecular flexibility index (Phi) is 6.29. The summed E-state index contributed by atoms with van der Waals surface area (Å²) in [5.74, 6) is 0.713. The minimum absolute atomic E-state index is 0.132. The molecule has 0 bridgehead atoms. The summed E-state index contributed by atoms with van der Waals surface area (Å²) in [6.45, 7) is 4.37. The maximum atomic E-state index is 10.8. The van der Waals surface area contributed by atoms with Crippen molar-refractivity contribution in [3.05, 3.63) is 33.4 Å². The van der Waals surface area contributed by atoms with Crippen LogP contribution in [0.2, 0.25) is 0 Å². The van der Waals surface area contributed by atoms with E-state index in [1.54, 1.807) is 19.1 Å². The van der Waals surface area contributed by atoms with E-state index >= 15 is 0 Å². The smallest absolute Gasteiger partial charge is 0.272 e. The molecule has 0 aliphatic carbocycles. The fourth-order valence-electron chi connectivity index (χ4n) is 1.88. The van der Waals surface area contributed by atoms with Crippen molar-refractivity contribution >= 4 is 5.69 Å². The van der Waals surface area contributed by atoms with Gasteiger partial charge in [-0.1, -0.05) is 6.42 Å². The Bertz CT molecular complexity index is 432. The van der Waals surface area contributed by atoms with Crippen LogP contribution >= 0.6 is 0 Å². The quantitative estimate of drug-likeness (QED) is 0.446. The van der Waals surface area contributed by atoms with Gasteiger partial charge in [-0.3, -0.25) is 10.1 Å². The molecular weight excluding hydrogens is 246 g/mol. The Hall–Kier alpha value is -1.62. The summed E-state index contributed by atoms with van der Waals surface area (Å²) in [5, 5.41) is 19.4. The number of hydrogen-bond acceptors (Lipinski definition) is 4. The standard InChI is InChI=1S/C14H21NO4/c1-11-10-14(12(2)9-13(11)15(17)18)19-8-6-4-3-5-7-16/h9-10,16H,3-8H2,1-2H3. The molecule has 0 atom stereocenters. The van der Waals surface area contributed by atoms with Crippen LogP contribution in [0.1, 0.15) is 36.8 Å². The van der Waals surface area contributed by atoms with E-state index in [2.05, 4.69) is 0 Å². The first-order valence-electron chi connectivity index (χ1n) is 6.55. The number of nitrogens with zero attached hydrogens (tertiary/aromatic N) is 1. The molecule has 0 saturated carbocycles. The van der Waals surface area contributed by atoms with Crippen molar-refractivity contribution in [3.8, 4) is 5.75 Å². The first kappa shape index (κ1) is 15.4. The monoisotopic (exact) mass is 267 g/mol. The summed E-state index contributed by atoms with van der Waals surface area (Å²) in [5.41, 5.74) is 1.53. The van der Waals surface area contributed by atoms with Gasteiger partial charge in [0.05, 0.1) is 11.5 Å². The molecule has 0 unspecified atom stereocenters. The zero-order valence-electron chi connectivity index (χ0n) is 11.5. The van der Waals surface area contributed by atoms with Gasteiger partial charge in [0.25, 0.3) is 5.69 Å². The second-order valence-corrected chi connectivity index (χ2v) is 4.65. The summed E-state index contributed by atoms with van der Waals surface area (Å²) in [6, 6.07) is 3.28. The molecule has 0 saturated heterocycles. The van der Waals surface area contributed by atoms with Crippen molar-refractivity contribution in [2.45, 2.75) is 39.5 Å². The van der Waals surface area contributed by atoms with E-state index in [1.807, 2.05) is 6.92 Å². The summed E-state index contributed by atoms with van der Waals surface area (Å²) < 4.78 is 5.65. The molecular formula is C14H21NO4. The van der Waals surface area contributed by atoms with E-state index < -0.39 is 0 Å². The van der Waals surface area contributed by atoms with Crippen LogP contribution in [-0.2, 0) is 0 Å². The average molecular weight is 267 g/mol. The molecule has 0 aliphatic heterocycles. The number of benzene rings is 1. The molecule has 106 valence electrons. The van der Waals surface area contributed by atoms with Crippen LogP contribution in [0.3, 0.4) is 0 Å². The van der Waals surface area contributed by atoms with Crippen molar-refractivity contribution in [2.24, 2.45) is 0 Å². The lowest BCUT2D eigenvalue weighted by molar-refractivity contribution is -0.385. The molecule has 1 rings (SSSR count). The molecule has 1 aromatic carbocycles. The predicted molar refractivity (Wildman–Crippen MR) is 73.6 cm³/mol. The number of aliphatic hydroxyl groups is 1. The van der Waals surface area contributed by atoms with Crippen molar-refractivity contribution < 1.29 is 14.8 Å². The molecule has 5 heteroatoms. The second kappa shape index (κ2) is 7.74. The number of aryl methyl sites for hydroxylation is 2. The third-order valence-electron chi connectivity index (χ3n) is 3.00. The van der Waals surface area contributed by atoms with Gasteiger partial charge in [0.15, 0.2) is 0 Å². The minimum atomic E-state index is -0.374. The van der Waals surface area contributed by atoms with Gasteiger partial charge >= 0.3 is 0 Å². The molecule has 0 heterocycles. The van der Waals surface area contributed by atoms with Gasteiger partial charge < -0.3 is 9.84 Å². The zero-order valence-corrected chi connectivity index (χ0v) is 11.5. The van der Waals surface area contributed by atoms with Crippen LogP contribution in [0.15, 0.2) is 12.1 Å². The lowest BCUT2D eigenvalue weighted by Gasteiger charge is -2.10. The molecule has 0 aromatic heterocycles. The Labute approximate surface area is 113 Å². The Balaban J connectivity index is 2.50. The van der Waals surface area contributed by atoms with E-state index in [4.69, 9.17) is 9.84 Å². The van der Waals surface area contributed by atoms with Gasteiger partial charge in [-0.2, -0.15) is 0 Å². The summed E-state index contributed by atoms with van der Waals surface area (Å²) in [7, 11) is 0. The third-order valence-corrected chi connectivity index (χ3v) is 3.00. The number of nitro benzene ring substituents is 1. The molecule has 0 radical (unpaired) electrons. The van der Waals surface area contributed by atoms with E-state index in [0.717, 1.165) is 31.2 Å². The maximum Gasteiger partial charge on any atom is 0.272 e. The molecule has 1 aromatic rings. The highest BCUT2D eigenvalue weighted by atomic mass is 16.6. The van der Waals surface area contributed by atoms with Crippen molar-refractivity contribution in [3.63, 3.8) is 0 Å². The van der Waals surface area contributed by atoms with E-state index in [-0.39, 0.29) is 17.2 Å². The lowest BCUT2D eigenvalue weighted by atomic mass is 10.1. The minimum Gasteiger partial charge on any atom is -0.493 e. The summed E-state index contributed by atoms with van der Waals surface area (Å²) >= 11 is 0. The van der Waals surface area contributed by atoms with Crippen molar-refractivity contribution in [1.82, 2.24) is 0 Å². The molecule has 0 aliphatic rings. The van der Waals surface area contributed by atoms with Gasteiger partial charge in [0, 0.05) is 18.2 Å². The number of nitro groups is 1. The number of unbranched alkanes of at least 4 members (excludes halogenated alkanes) is 3. The van der Waals surface area contributed by atoms with Crippen molar-refractivity contribution in [2.75, 3.05) is 13.2 Å². The normalized spacial score (nSPS) is 10.5. The third kappa shape index (κ3) is 4.87. The van der Waals surface area contributed by atoms with Gasteiger partial charge in [-0.25, -0.2) is 0 Å². The fraction of sp³-hybridized carbons (Fsp3) is 0.571. The molecule has 0 spiro atoms. The van der Waals surface area contributed by atoms with Crippen LogP contribution in [0.4, 0.5) is 5.69 Å². The zero-order chi connectivity index (χ0) is 14.3. The number of hydrogen-bond donors (Lipinski definition) is 1. The van der Waals surface area contributed by atoms with Crippen LogP contribution in [-0.4, -0.2) is 23.2 Å². The number of rotatable bonds is 8. The van der Waals surface area contributed by atoms with Gasteiger partial charge in [0.2, 0.25) is 0 Å². The van der Waals surface area contributed by atoms with Crippen molar-refractivity contribution in [1.29, 1.82) is 0 Å². The maximum absolute atomic E-state index is 10.8. The van der Waals surface area contributed by atoms with Crippen LogP contribution in [0.5, 0.6) is 5.75 Å². The van der Waals surface area contributed by atoms with Gasteiger partial charge in [-0.05, 0) is 44.7 Å². The summed E-state index contributed by atoms with van der Waals surface area (Å²) in [4.78, 5) is 10.4. The second-order valence-electron chi connectivity index (χ2n) is 4.65. The highest BCUT2D eigenvalue weighted by Gasteiger charge is 2.13. The topological polar surface area (TPSA) is 72.6 Å². The van der Waals surface area contributed by atoms with E-state index in [0.29, 0.717) is 17.9 Å². The Morgan fingerprint density at radius 2 is 1.84 bits per heavy atom. The van der Waals surface area contributed by atoms with E-state index in [1.165, 1.54) is 0 Å². The molecule has 0 amide bonds. The predicted octanol–water partition coefficient (Wildman–Crippen LogP) is 3.14. The van der Waals surface area contributed by atoms with Crippen LogP contribution < -0.4 is 4.74 Å². The van der Waals surface area contributed by atoms with Gasteiger partial charge in [0.1, 0.15) is 5.75 Å². The first-order valence-corrected chi connectivity index (χ1v) is 6.55. The van der Waals surface area contributed by atoms with Gasteiger partial charge in [-0.15, -0.1) is 0 Å². The molecule has 0 fully saturated rings. The van der Waals surface area contributed by atoms with Crippen LogP contribution in [0.25, 0.3) is 0 Å². The first-order chi connectivity index (χ1) is 9.06. The highest BCUT2D eigenvalue weighted by Crippen LogP contribution is 2.27. The SMILES string of the molecule is Cc1cc([N+](=O)[O-])c(C)cc1OCCCCCCO. The molecule has 1 N–H and O–H groups in total. The average Bonchev–Trinajstić information content (AvgIpc) is 2.36. The fourth-order valence-corrected chi connectivity index (χ4v) is 1.88. The Morgan fingerprint density at radius 1 is 1.16 bits per heavy atom. The van der Waals surface area contributed by atoms with Crippen LogP contribution in [0, 0.1) is 24.0 Å². The number of ether oxygens (including phenoxy) is 1. The summed E-state index contributed by atoms with van der Waals surface area (Å²) in [6.07, 6.45) is 3.77. The molecule has 5 nitrogen and oxygen atoms in total. The molecule has 19 heavy (non-hydrogen) atoms. The highest BCUT2D eigenvalue weighted by molar-refractivity contribution is 5.49. The Morgan fingerprint density at radius 3 is 2.47 bits per heavy atom. The lowest BCUT2D eigenvalue weighted by Crippen LogP contribution is -2.01. The van der Waals surface area contributed by atoms with E-state index in [9.17, 15) is 10.1 Å². The number of aliphatic hydroxyl groups excluding tert-OH is 1. The largest absolute Gasteiger partial charge is 0.493 e.